The summed E-state index contributed by atoms with van der Waals surface area (Å²) in [5.41, 5.74) is 1.08. The van der Waals surface area contributed by atoms with Crippen molar-refractivity contribution in [3.05, 3.63) is 46.8 Å². The maximum atomic E-state index is 10.8. The van der Waals surface area contributed by atoms with Gasteiger partial charge in [-0.1, -0.05) is 12.1 Å². The Hall–Kier alpha value is -2.83. The monoisotopic (exact) mass is 258 g/mol. The lowest BCUT2D eigenvalue weighted by molar-refractivity contribution is -0.384. The third-order valence-electron chi connectivity index (χ3n) is 2.31. The first-order chi connectivity index (χ1) is 9.06. The summed E-state index contributed by atoms with van der Waals surface area (Å²) in [6, 6.07) is 6.11. The van der Waals surface area contributed by atoms with Crippen LogP contribution in [-0.2, 0) is 4.79 Å². The van der Waals surface area contributed by atoms with Gasteiger partial charge in [0, 0.05) is 24.6 Å². The lowest BCUT2D eigenvalue weighted by Crippen LogP contribution is -2.07. The third-order valence-corrected chi connectivity index (χ3v) is 2.31. The molecule has 1 heterocycles. The van der Waals surface area contributed by atoms with E-state index < -0.39 is 4.92 Å². The molecule has 0 bridgehead atoms. The first kappa shape index (κ1) is 12.6. The minimum Gasteiger partial charge on any atom is -0.310 e. The number of nitro groups is 1. The molecule has 0 saturated heterocycles. The number of amides is 1. The number of anilines is 1. The Morgan fingerprint density at radius 2 is 2.11 bits per heavy atom. The average molecular weight is 258 g/mol. The molecule has 0 unspecified atom stereocenters. The highest BCUT2D eigenvalue weighted by Gasteiger charge is 2.08. The molecule has 0 radical (unpaired) electrons. The fourth-order valence-electron chi connectivity index (χ4n) is 1.50. The summed E-state index contributed by atoms with van der Waals surface area (Å²) in [4.78, 5) is 29.2. The van der Waals surface area contributed by atoms with Gasteiger partial charge < -0.3 is 5.32 Å². The van der Waals surface area contributed by atoms with Crippen molar-refractivity contribution in [3.8, 4) is 11.3 Å². The van der Waals surface area contributed by atoms with Crippen molar-refractivity contribution in [1.29, 1.82) is 0 Å². The minimum absolute atomic E-state index is 0.00904. The number of non-ortho nitro benzene ring substituents is 1. The fraction of sp³-hybridized carbons (Fsp3) is 0.0833. The molecule has 0 aliphatic rings. The van der Waals surface area contributed by atoms with Gasteiger partial charge in [0.15, 0.2) is 5.82 Å². The molecule has 1 aromatic carbocycles. The zero-order chi connectivity index (χ0) is 13.8. The molecule has 7 heteroatoms. The standard InChI is InChI=1S/C12H10N4O3/c1-8(17)15-12-7-13-11(6-14-12)9-3-2-4-10(5-9)16(18)19/h2-7H,1H3,(H,14,15,17). The number of hydrogen-bond donors (Lipinski definition) is 1. The third kappa shape index (κ3) is 3.09. The maximum absolute atomic E-state index is 10.8. The number of carbonyl (C=O) groups is 1. The van der Waals surface area contributed by atoms with Crippen LogP contribution in [0, 0.1) is 10.1 Å². The van der Waals surface area contributed by atoms with Gasteiger partial charge in [0.25, 0.3) is 5.69 Å². The van der Waals surface area contributed by atoms with Gasteiger partial charge in [0.05, 0.1) is 23.0 Å². The zero-order valence-corrected chi connectivity index (χ0v) is 10.0. The van der Waals surface area contributed by atoms with Crippen molar-refractivity contribution < 1.29 is 9.72 Å². The summed E-state index contributed by atoms with van der Waals surface area (Å²) in [5.74, 6) is 0.0964. The van der Waals surface area contributed by atoms with Gasteiger partial charge in [0.1, 0.15) is 0 Å². The van der Waals surface area contributed by atoms with Gasteiger partial charge in [-0.25, -0.2) is 4.98 Å². The number of carbonyl (C=O) groups excluding carboxylic acids is 1. The largest absolute Gasteiger partial charge is 0.310 e. The molecule has 0 saturated carbocycles. The fourth-order valence-corrected chi connectivity index (χ4v) is 1.50. The van der Waals surface area contributed by atoms with Gasteiger partial charge in [-0.05, 0) is 0 Å². The number of aromatic nitrogens is 2. The van der Waals surface area contributed by atoms with E-state index in [1.54, 1.807) is 12.1 Å². The molecular weight excluding hydrogens is 248 g/mol. The highest BCUT2D eigenvalue weighted by Crippen LogP contribution is 2.21. The highest BCUT2D eigenvalue weighted by atomic mass is 16.6. The SMILES string of the molecule is CC(=O)Nc1cnc(-c2cccc([N+](=O)[O-])c2)cn1. The van der Waals surface area contributed by atoms with Gasteiger partial charge in [-0.3, -0.25) is 19.9 Å². The van der Waals surface area contributed by atoms with Crippen LogP contribution in [0.4, 0.5) is 11.5 Å². The molecule has 2 rings (SSSR count). The Labute approximate surface area is 108 Å². The van der Waals surface area contributed by atoms with Crippen LogP contribution in [0.3, 0.4) is 0 Å². The van der Waals surface area contributed by atoms with Crippen molar-refractivity contribution in [3.63, 3.8) is 0 Å². The molecule has 0 atom stereocenters. The summed E-state index contributed by atoms with van der Waals surface area (Å²) in [6.07, 6.45) is 2.85. The number of rotatable bonds is 3. The molecule has 19 heavy (non-hydrogen) atoms. The molecule has 0 fully saturated rings. The van der Waals surface area contributed by atoms with Gasteiger partial charge in [-0.15, -0.1) is 0 Å². The van der Waals surface area contributed by atoms with Crippen LogP contribution in [-0.4, -0.2) is 20.8 Å². The predicted molar refractivity (Wildman–Crippen MR) is 68.4 cm³/mol. The van der Waals surface area contributed by atoms with E-state index in [1.807, 2.05) is 0 Å². The number of nitrogens with one attached hydrogen (secondary N) is 1. The lowest BCUT2D eigenvalue weighted by atomic mass is 10.1. The van der Waals surface area contributed by atoms with Gasteiger partial charge in [-0.2, -0.15) is 0 Å². The Kier molecular flexibility index (Phi) is 3.46. The molecule has 0 aliphatic carbocycles. The van der Waals surface area contributed by atoms with Gasteiger partial charge >= 0.3 is 0 Å². The molecule has 7 nitrogen and oxygen atoms in total. The van der Waals surface area contributed by atoms with Crippen molar-refractivity contribution >= 4 is 17.4 Å². The summed E-state index contributed by atoms with van der Waals surface area (Å²) >= 11 is 0. The van der Waals surface area contributed by atoms with E-state index in [0.29, 0.717) is 17.1 Å². The molecule has 1 amide bonds. The Balaban J connectivity index is 2.29. The first-order valence-electron chi connectivity index (χ1n) is 5.41. The van der Waals surface area contributed by atoms with Crippen molar-refractivity contribution in [1.82, 2.24) is 9.97 Å². The molecule has 1 aromatic heterocycles. The molecule has 0 aliphatic heterocycles. The van der Waals surface area contributed by atoms with Crippen LogP contribution >= 0.6 is 0 Å². The minimum atomic E-state index is -0.470. The zero-order valence-electron chi connectivity index (χ0n) is 10.0. The Morgan fingerprint density at radius 3 is 2.68 bits per heavy atom. The number of nitro benzene ring substituents is 1. The van der Waals surface area contributed by atoms with Crippen LogP contribution in [0.15, 0.2) is 36.7 Å². The topological polar surface area (TPSA) is 98.0 Å². The normalized spacial score (nSPS) is 9.95. The number of hydrogen-bond acceptors (Lipinski definition) is 5. The van der Waals surface area contributed by atoms with Crippen LogP contribution in [0.1, 0.15) is 6.92 Å². The lowest BCUT2D eigenvalue weighted by Gasteiger charge is -2.03. The summed E-state index contributed by atoms with van der Waals surface area (Å²) < 4.78 is 0. The van der Waals surface area contributed by atoms with Crippen LogP contribution < -0.4 is 5.32 Å². The molecule has 96 valence electrons. The van der Waals surface area contributed by atoms with Crippen LogP contribution in [0.2, 0.25) is 0 Å². The van der Waals surface area contributed by atoms with Crippen molar-refractivity contribution in [2.24, 2.45) is 0 Å². The summed E-state index contributed by atoms with van der Waals surface area (Å²) in [6.45, 7) is 1.37. The number of nitrogens with zero attached hydrogens (tertiary/aromatic N) is 3. The smallest absolute Gasteiger partial charge is 0.270 e. The highest BCUT2D eigenvalue weighted by molar-refractivity contribution is 5.87. The second-order valence-electron chi connectivity index (χ2n) is 3.78. The predicted octanol–water partition coefficient (Wildman–Crippen LogP) is 2.01. The first-order valence-corrected chi connectivity index (χ1v) is 5.41. The average Bonchev–Trinajstić information content (AvgIpc) is 2.39. The second-order valence-corrected chi connectivity index (χ2v) is 3.78. The van der Waals surface area contributed by atoms with E-state index in [-0.39, 0.29) is 11.6 Å². The Bertz CT molecular complexity index is 625. The number of benzene rings is 1. The maximum Gasteiger partial charge on any atom is 0.270 e. The van der Waals surface area contributed by atoms with E-state index >= 15 is 0 Å². The molecule has 0 spiro atoms. The van der Waals surface area contributed by atoms with Crippen molar-refractivity contribution in [2.45, 2.75) is 6.92 Å². The second kappa shape index (κ2) is 5.21. The summed E-state index contributed by atoms with van der Waals surface area (Å²) in [5, 5.41) is 13.2. The van der Waals surface area contributed by atoms with E-state index in [1.165, 1.54) is 31.5 Å². The van der Waals surface area contributed by atoms with Crippen LogP contribution in [0.5, 0.6) is 0 Å². The van der Waals surface area contributed by atoms with E-state index in [9.17, 15) is 14.9 Å². The van der Waals surface area contributed by atoms with Crippen molar-refractivity contribution in [2.75, 3.05) is 5.32 Å². The summed E-state index contributed by atoms with van der Waals surface area (Å²) in [7, 11) is 0. The van der Waals surface area contributed by atoms with E-state index in [0.717, 1.165) is 0 Å². The molecule has 1 N–H and O–H groups in total. The van der Waals surface area contributed by atoms with Crippen LogP contribution in [0.25, 0.3) is 11.3 Å². The quantitative estimate of drug-likeness (QED) is 0.670. The van der Waals surface area contributed by atoms with Gasteiger partial charge in [0.2, 0.25) is 5.91 Å². The van der Waals surface area contributed by atoms with E-state index in [2.05, 4.69) is 15.3 Å². The molecule has 2 aromatic rings. The van der Waals surface area contributed by atoms with E-state index in [4.69, 9.17) is 0 Å². The molecular formula is C12H10N4O3. The Morgan fingerprint density at radius 1 is 1.32 bits per heavy atom.